The number of hydrogen-bond donors (Lipinski definition) is 0. The van der Waals surface area contributed by atoms with Crippen LogP contribution in [-0.2, 0) is 11.3 Å². The lowest BCUT2D eigenvalue weighted by molar-refractivity contribution is -0.116. The molecule has 1 amide bonds. The van der Waals surface area contributed by atoms with Gasteiger partial charge in [-0.2, -0.15) is 4.99 Å². The van der Waals surface area contributed by atoms with E-state index < -0.39 is 0 Å². The monoisotopic (exact) mass is 300 g/mol. The van der Waals surface area contributed by atoms with E-state index in [-0.39, 0.29) is 5.91 Å². The molecule has 3 nitrogen and oxygen atoms in total. The summed E-state index contributed by atoms with van der Waals surface area (Å²) >= 11 is 13.6. The molecule has 2 aromatic rings. The fraction of sp³-hybridized carbons (Fsp3) is 0.167. The molecule has 6 heteroatoms. The molecule has 94 valence electrons. The molecule has 1 aromatic carbocycles. The van der Waals surface area contributed by atoms with Crippen molar-refractivity contribution in [1.29, 1.82) is 0 Å². The molecule has 1 heterocycles. The molecule has 0 aliphatic rings. The Kier molecular flexibility index (Phi) is 3.90. The molecule has 1 aromatic heterocycles. The van der Waals surface area contributed by atoms with Gasteiger partial charge in [0.25, 0.3) is 0 Å². The average molecular weight is 301 g/mol. The summed E-state index contributed by atoms with van der Waals surface area (Å²) in [7, 11) is 0. The van der Waals surface area contributed by atoms with E-state index in [1.54, 1.807) is 12.1 Å². The van der Waals surface area contributed by atoms with Crippen LogP contribution in [0.4, 0.5) is 0 Å². The quantitative estimate of drug-likeness (QED) is 0.780. The molecule has 18 heavy (non-hydrogen) atoms. The van der Waals surface area contributed by atoms with Gasteiger partial charge in [-0.15, -0.1) is 6.58 Å². The summed E-state index contributed by atoms with van der Waals surface area (Å²) in [5, 5.41) is 0.950. The largest absolute Gasteiger partial charge is 0.311 e. The molecule has 0 spiro atoms. The van der Waals surface area contributed by atoms with E-state index in [9.17, 15) is 4.79 Å². The number of allylic oxidation sites excluding steroid dienone is 1. The summed E-state index contributed by atoms with van der Waals surface area (Å²) in [6.07, 6.45) is 1.72. The molecule has 0 radical (unpaired) electrons. The van der Waals surface area contributed by atoms with Crippen LogP contribution < -0.4 is 4.80 Å². The first-order valence-corrected chi connectivity index (χ1v) is 6.75. The summed E-state index contributed by atoms with van der Waals surface area (Å²) in [6.45, 7) is 5.63. The lowest BCUT2D eigenvalue weighted by Gasteiger charge is -2.03. The number of nitrogens with zero attached hydrogens (tertiary/aromatic N) is 2. The van der Waals surface area contributed by atoms with Crippen LogP contribution in [0.15, 0.2) is 29.8 Å². The Balaban J connectivity index is 2.89. The predicted molar refractivity (Wildman–Crippen MR) is 76.3 cm³/mol. The summed E-state index contributed by atoms with van der Waals surface area (Å²) in [6, 6.07) is 3.60. The maximum atomic E-state index is 11.1. The first-order valence-electron chi connectivity index (χ1n) is 5.18. The second kappa shape index (κ2) is 5.26. The molecule has 0 unspecified atom stereocenters. The van der Waals surface area contributed by atoms with Crippen molar-refractivity contribution < 1.29 is 4.79 Å². The van der Waals surface area contributed by atoms with Crippen LogP contribution >= 0.6 is 34.5 Å². The molecule has 2 rings (SSSR count). The summed E-state index contributed by atoms with van der Waals surface area (Å²) in [5.74, 6) is -0.249. The molecule has 0 saturated carbocycles. The van der Waals surface area contributed by atoms with Gasteiger partial charge in [0.15, 0.2) is 4.80 Å². The van der Waals surface area contributed by atoms with Crippen molar-refractivity contribution in [3.05, 3.63) is 39.6 Å². The summed E-state index contributed by atoms with van der Waals surface area (Å²) in [4.78, 5) is 15.7. The number of thiazole rings is 1. The van der Waals surface area contributed by atoms with Crippen molar-refractivity contribution in [2.45, 2.75) is 13.5 Å². The Hall–Kier alpha value is -1.10. The maximum absolute atomic E-state index is 11.1. The summed E-state index contributed by atoms with van der Waals surface area (Å²) < 4.78 is 2.77. The van der Waals surface area contributed by atoms with Crippen molar-refractivity contribution in [2.75, 3.05) is 0 Å². The molecule has 0 aliphatic carbocycles. The highest BCUT2D eigenvalue weighted by Crippen LogP contribution is 2.32. The van der Waals surface area contributed by atoms with Crippen LogP contribution in [-0.4, -0.2) is 10.5 Å². The van der Waals surface area contributed by atoms with Gasteiger partial charge in [-0.1, -0.05) is 40.6 Å². The van der Waals surface area contributed by atoms with Crippen molar-refractivity contribution in [3.8, 4) is 0 Å². The summed E-state index contributed by atoms with van der Waals surface area (Å²) in [5.41, 5.74) is 0.786. The Morgan fingerprint density at radius 2 is 2.28 bits per heavy atom. The van der Waals surface area contributed by atoms with Crippen LogP contribution in [0, 0.1) is 0 Å². The Morgan fingerprint density at radius 1 is 1.56 bits per heavy atom. The topological polar surface area (TPSA) is 34.4 Å². The van der Waals surface area contributed by atoms with Gasteiger partial charge in [-0.05, 0) is 12.1 Å². The number of amides is 1. The van der Waals surface area contributed by atoms with Gasteiger partial charge in [-0.25, -0.2) is 0 Å². The predicted octanol–water partition coefficient (Wildman–Crippen LogP) is 3.64. The second-order valence-electron chi connectivity index (χ2n) is 3.62. The highest BCUT2D eigenvalue weighted by Gasteiger charge is 2.11. The van der Waals surface area contributed by atoms with E-state index in [1.165, 1.54) is 18.3 Å². The van der Waals surface area contributed by atoms with E-state index in [0.717, 1.165) is 10.2 Å². The number of hydrogen-bond acceptors (Lipinski definition) is 2. The van der Waals surface area contributed by atoms with E-state index in [2.05, 4.69) is 11.6 Å². The molecule has 0 bridgehead atoms. The lowest BCUT2D eigenvalue weighted by Crippen LogP contribution is -2.15. The third kappa shape index (κ3) is 2.36. The van der Waals surface area contributed by atoms with Crippen molar-refractivity contribution in [1.82, 2.24) is 4.57 Å². The highest BCUT2D eigenvalue weighted by molar-refractivity contribution is 7.16. The Morgan fingerprint density at radius 3 is 2.89 bits per heavy atom. The minimum Gasteiger partial charge on any atom is -0.311 e. The van der Waals surface area contributed by atoms with Crippen LogP contribution in [0.25, 0.3) is 10.2 Å². The van der Waals surface area contributed by atoms with Crippen molar-refractivity contribution >= 4 is 50.7 Å². The third-order valence-corrected chi connectivity index (χ3v) is 4.14. The fourth-order valence-electron chi connectivity index (χ4n) is 1.62. The van der Waals surface area contributed by atoms with E-state index in [4.69, 9.17) is 23.2 Å². The number of benzene rings is 1. The Bertz CT molecular complexity index is 700. The smallest absolute Gasteiger partial charge is 0.245 e. The SMILES string of the molecule is C=CCn1c(=NC(C)=O)sc2ccc(Cl)c(Cl)c21. The van der Waals surface area contributed by atoms with Crippen LogP contribution in [0.2, 0.25) is 10.0 Å². The molecule has 0 saturated heterocycles. The second-order valence-corrected chi connectivity index (χ2v) is 5.42. The first-order chi connectivity index (χ1) is 8.54. The third-order valence-electron chi connectivity index (χ3n) is 2.30. The van der Waals surface area contributed by atoms with E-state index >= 15 is 0 Å². The standard InChI is InChI=1S/C12H10Cl2N2OS/c1-3-6-16-11-9(5-4-8(13)10(11)14)18-12(16)15-7(2)17/h3-5H,1,6H2,2H3. The lowest BCUT2D eigenvalue weighted by atomic mass is 10.3. The zero-order valence-corrected chi connectivity index (χ0v) is 11.9. The minimum atomic E-state index is -0.249. The van der Waals surface area contributed by atoms with Gasteiger partial charge in [0.2, 0.25) is 5.91 Å². The van der Waals surface area contributed by atoms with Crippen LogP contribution in [0.3, 0.4) is 0 Å². The zero-order chi connectivity index (χ0) is 13.3. The number of carbonyl (C=O) groups is 1. The van der Waals surface area contributed by atoms with Gasteiger partial charge in [0, 0.05) is 13.5 Å². The molecule has 0 atom stereocenters. The van der Waals surface area contributed by atoms with Crippen LogP contribution in [0.5, 0.6) is 0 Å². The fourth-order valence-corrected chi connectivity index (χ4v) is 3.19. The number of carbonyl (C=O) groups excluding carboxylic acids is 1. The highest BCUT2D eigenvalue weighted by atomic mass is 35.5. The van der Waals surface area contributed by atoms with Crippen LogP contribution in [0.1, 0.15) is 6.92 Å². The number of aromatic nitrogens is 1. The average Bonchev–Trinajstić information content (AvgIpc) is 2.63. The number of fused-ring (bicyclic) bond motifs is 1. The maximum Gasteiger partial charge on any atom is 0.245 e. The molecule has 0 N–H and O–H groups in total. The first kappa shape index (κ1) is 13.3. The van der Waals surface area contributed by atoms with Gasteiger partial charge in [-0.3, -0.25) is 4.79 Å². The van der Waals surface area contributed by atoms with Gasteiger partial charge in [0.05, 0.1) is 20.3 Å². The van der Waals surface area contributed by atoms with Crippen molar-refractivity contribution in [3.63, 3.8) is 0 Å². The van der Waals surface area contributed by atoms with Gasteiger partial charge in [0.1, 0.15) is 0 Å². The number of rotatable bonds is 2. The number of halogens is 2. The molecule has 0 aliphatic heterocycles. The normalized spacial score (nSPS) is 12.1. The Labute approximate surface area is 118 Å². The molecular weight excluding hydrogens is 291 g/mol. The van der Waals surface area contributed by atoms with Gasteiger partial charge < -0.3 is 4.57 Å². The zero-order valence-electron chi connectivity index (χ0n) is 9.61. The minimum absolute atomic E-state index is 0.249. The van der Waals surface area contributed by atoms with E-state index in [1.807, 2.05) is 10.6 Å². The molecule has 0 fully saturated rings. The molecular formula is C12H10Cl2N2OS. The van der Waals surface area contributed by atoms with E-state index in [0.29, 0.717) is 21.4 Å². The van der Waals surface area contributed by atoms with Crippen molar-refractivity contribution in [2.24, 2.45) is 4.99 Å². The van der Waals surface area contributed by atoms with Gasteiger partial charge >= 0.3 is 0 Å².